The maximum absolute atomic E-state index is 12.9. The first-order chi connectivity index (χ1) is 8.72. The van der Waals surface area contributed by atoms with Crippen LogP contribution in [0.5, 0.6) is 0 Å². The van der Waals surface area contributed by atoms with Crippen molar-refractivity contribution < 1.29 is 9.18 Å². The summed E-state index contributed by atoms with van der Waals surface area (Å²) in [6, 6.07) is 12.7. The minimum atomic E-state index is -0.220. The van der Waals surface area contributed by atoms with Gasteiger partial charge in [-0.3, -0.25) is 4.79 Å². The molecule has 3 rings (SSSR count). The van der Waals surface area contributed by atoms with E-state index in [1.165, 1.54) is 17.7 Å². The van der Waals surface area contributed by atoms with Crippen LogP contribution >= 0.6 is 0 Å². The van der Waals surface area contributed by atoms with Crippen molar-refractivity contribution in [2.45, 2.75) is 19.3 Å². The van der Waals surface area contributed by atoms with Crippen LogP contribution in [-0.4, -0.2) is 5.78 Å². The lowest BCUT2D eigenvalue weighted by molar-refractivity contribution is -0.118. The van der Waals surface area contributed by atoms with E-state index in [1.807, 2.05) is 12.1 Å². The van der Waals surface area contributed by atoms with Gasteiger partial charge in [0, 0.05) is 12.8 Å². The summed E-state index contributed by atoms with van der Waals surface area (Å²) in [5.41, 5.74) is 4.48. The molecule has 0 saturated heterocycles. The fourth-order valence-corrected chi connectivity index (χ4v) is 2.43. The van der Waals surface area contributed by atoms with Gasteiger partial charge in [-0.2, -0.15) is 0 Å². The van der Waals surface area contributed by atoms with Crippen LogP contribution in [0.1, 0.15) is 17.5 Å². The van der Waals surface area contributed by atoms with E-state index in [2.05, 4.69) is 6.07 Å². The smallest absolute Gasteiger partial charge is 0.137 e. The van der Waals surface area contributed by atoms with Gasteiger partial charge in [0.15, 0.2) is 0 Å². The Balaban J connectivity index is 1.99. The van der Waals surface area contributed by atoms with E-state index < -0.39 is 0 Å². The van der Waals surface area contributed by atoms with Gasteiger partial charge in [0.2, 0.25) is 0 Å². The lowest BCUT2D eigenvalue weighted by Gasteiger charge is -2.16. The zero-order chi connectivity index (χ0) is 12.5. The fourth-order valence-electron chi connectivity index (χ4n) is 2.43. The quantitative estimate of drug-likeness (QED) is 0.745. The van der Waals surface area contributed by atoms with Crippen LogP contribution < -0.4 is 0 Å². The average molecular weight is 240 g/mol. The summed E-state index contributed by atoms with van der Waals surface area (Å²) >= 11 is 0. The standard InChI is InChI=1S/C16H13FO/c17-15-6-3-11(4-7-15)12-1-2-14-10-16(18)8-5-13(14)9-12/h1-4,6-7,9H,5,8,10H2. The average Bonchev–Trinajstić information content (AvgIpc) is 2.39. The molecule has 0 heterocycles. The van der Waals surface area contributed by atoms with Crippen molar-refractivity contribution >= 4 is 5.78 Å². The Labute approximate surface area is 105 Å². The van der Waals surface area contributed by atoms with Crippen LogP contribution in [0, 0.1) is 5.82 Å². The molecule has 1 nitrogen and oxygen atoms in total. The van der Waals surface area contributed by atoms with Crippen molar-refractivity contribution in [3.63, 3.8) is 0 Å². The third-order valence-corrected chi connectivity index (χ3v) is 3.44. The van der Waals surface area contributed by atoms with Gasteiger partial charge in [0.05, 0.1) is 0 Å². The fraction of sp³-hybridized carbons (Fsp3) is 0.188. The van der Waals surface area contributed by atoms with Gasteiger partial charge in [-0.1, -0.05) is 30.3 Å². The molecule has 2 heteroatoms. The first kappa shape index (κ1) is 11.1. The highest BCUT2D eigenvalue weighted by Gasteiger charge is 2.15. The van der Waals surface area contributed by atoms with Gasteiger partial charge in [-0.05, 0) is 40.8 Å². The monoisotopic (exact) mass is 240 g/mol. The highest BCUT2D eigenvalue weighted by Crippen LogP contribution is 2.26. The molecule has 0 bridgehead atoms. The van der Waals surface area contributed by atoms with Gasteiger partial charge in [0.1, 0.15) is 11.6 Å². The van der Waals surface area contributed by atoms with Crippen molar-refractivity contribution in [3.05, 3.63) is 59.4 Å². The molecule has 0 N–H and O–H groups in total. The number of hydrogen-bond acceptors (Lipinski definition) is 1. The number of halogens is 1. The zero-order valence-corrected chi connectivity index (χ0v) is 9.95. The maximum Gasteiger partial charge on any atom is 0.137 e. The number of hydrogen-bond donors (Lipinski definition) is 0. The molecule has 0 radical (unpaired) electrons. The van der Waals surface area contributed by atoms with E-state index in [9.17, 15) is 9.18 Å². The van der Waals surface area contributed by atoms with Crippen LogP contribution in [0.2, 0.25) is 0 Å². The third-order valence-electron chi connectivity index (χ3n) is 3.44. The van der Waals surface area contributed by atoms with Crippen molar-refractivity contribution in [1.82, 2.24) is 0 Å². The van der Waals surface area contributed by atoms with Crippen molar-refractivity contribution in [2.24, 2.45) is 0 Å². The Morgan fingerprint density at radius 3 is 2.33 bits per heavy atom. The number of ketones is 1. The number of rotatable bonds is 1. The molecular formula is C16H13FO. The molecule has 0 spiro atoms. The topological polar surface area (TPSA) is 17.1 Å². The molecule has 0 fully saturated rings. The van der Waals surface area contributed by atoms with Crippen molar-refractivity contribution in [2.75, 3.05) is 0 Å². The number of fused-ring (bicyclic) bond motifs is 1. The Kier molecular flexibility index (Phi) is 2.71. The summed E-state index contributed by atoms with van der Waals surface area (Å²) in [5, 5.41) is 0. The van der Waals surface area contributed by atoms with Crippen LogP contribution in [0.15, 0.2) is 42.5 Å². The molecule has 90 valence electrons. The van der Waals surface area contributed by atoms with E-state index in [-0.39, 0.29) is 5.82 Å². The van der Waals surface area contributed by atoms with Gasteiger partial charge in [-0.25, -0.2) is 4.39 Å². The molecule has 2 aromatic rings. The number of aryl methyl sites for hydroxylation is 1. The molecule has 0 aliphatic heterocycles. The first-order valence-corrected chi connectivity index (χ1v) is 6.12. The summed E-state index contributed by atoms with van der Waals surface area (Å²) in [4.78, 5) is 11.4. The zero-order valence-electron chi connectivity index (χ0n) is 9.95. The molecule has 0 atom stereocenters. The number of carbonyl (C=O) groups excluding carboxylic acids is 1. The van der Waals surface area contributed by atoms with E-state index in [0.29, 0.717) is 18.6 Å². The van der Waals surface area contributed by atoms with Crippen molar-refractivity contribution in [1.29, 1.82) is 0 Å². The van der Waals surface area contributed by atoms with Crippen LogP contribution in [0.4, 0.5) is 4.39 Å². The van der Waals surface area contributed by atoms with Crippen LogP contribution in [0.25, 0.3) is 11.1 Å². The third kappa shape index (κ3) is 2.06. The van der Waals surface area contributed by atoms with Gasteiger partial charge < -0.3 is 0 Å². The maximum atomic E-state index is 12.9. The second-order valence-corrected chi connectivity index (χ2v) is 4.71. The molecular weight excluding hydrogens is 227 g/mol. The normalized spacial score (nSPS) is 14.4. The molecule has 0 saturated carbocycles. The van der Waals surface area contributed by atoms with Crippen molar-refractivity contribution in [3.8, 4) is 11.1 Å². The molecule has 18 heavy (non-hydrogen) atoms. The van der Waals surface area contributed by atoms with Gasteiger partial charge in [-0.15, -0.1) is 0 Å². The molecule has 1 aliphatic carbocycles. The van der Waals surface area contributed by atoms with E-state index in [0.717, 1.165) is 23.1 Å². The van der Waals surface area contributed by atoms with E-state index >= 15 is 0 Å². The Hall–Kier alpha value is -1.96. The van der Waals surface area contributed by atoms with Gasteiger partial charge >= 0.3 is 0 Å². The number of benzene rings is 2. The first-order valence-electron chi connectivity index (χ1n) is 6.12. The number of carbonyl (C=O) groups is 1. The predicted molar refractivity (Wildman–Crippen MR) is 68.9 cm³/mol. The lowest BCUT2D eigenvalue weighted by atomic mass is 9.88. The van der Waals surface area contributed by atoms with E-state index in [1.54, 1.807) is 12.1 Å². The molecule has 0 unspecified atom stereocenters. The van der Waals surface area contributed by atoms with Crippen LogP contribution in [-0.2, 0) is 17.6 Å². The Bertz CT molecular complexity index is 599. The summed E-state index contributed by atoms with van der Waals surface area (Å²) in [7, 11) is 0. The highest BCUT2D eigenvalue weighted by molar-refractivity contribution is 5.83. The predicted octanol–water partition coefficient (Wildman–Crippen LogP) is 3.55. The minimum absolute atomic E-state index is 0.220. The summed E-state index contributed by atoms with van der Waals surface area (Å²) in [6.07, 6.45) is 2.02. The van der Waals surface area contributed by atoms with Crippen LogP contribution in [0.3, 0.4) is 0 Å². The summed E-state index contributed by atoms with van der Waals surface area (Å²) < 4.78 is 12.9. The number of Topliss-reactive ketones (excluding diaryl/α,β-unsaturated/α-hetero) is 1. The SMILES string of the molecule is O=C1CCc2cc(-c3ccc(F)cc3)ccc2C1. The molecule has 1 aliphatic rings. The summed E-state index contributed by atoms with van der Waals surface area (Å²) in [5.74, 6) is 0.0966. The second-order valence-electron chi connectivity index (χ2n) is 4.71. The second kappa shape index (κ2) is 4.37. The van der Waals surface area contributed by atoms with Gasteiger partial charge in [0.25, 0.3) is 0 Å². The molecule has 0 amide bonds. The largest absolute Gasteiger partial charge is 0.299 e. The van der Waals surface area contributed by atoms with E-state index in [4.69, 9.17) is 0 Å². The molecule has 2 aromatic carbocycles. The Morgan fingerprint density at radius 2 is 1.56 bits per heavy atom. The molecule has 0 aromatic heterocycles. The highest BCUT2D eigenvalue weighted by atomic mass is 19.1. The lowest BCUT2D eigenvalue weighted by Crippen LogP contribution is -2.12. The summed E-state index contributed by atoms with van der Waals surface area (Å²) in [6.45, 7) is 0. The Morgan fingerprint density at radius 1 is 0.833 bits per heavy atom. The minimum Gasteiger partial charge on any atom is -0.299 e.